The Morgan fingerprint density at radius 3 is 2.71 bits per heavy atom. The molecule has 2 rings (SSSR count). The average Bonchev–Trinajstić information content (AvgIpc) is 2.97. The maximum atomic E-state index is 11.2. The Kier molecular flexibility index (Phi) is 4.88. The van der Waals surface area contributed by atoms with Crippen LogP contribution < -0.4 is 10.5 Å². The highest BCUT2D eigenvalue weighted by Crippen LogP contribution is 2.22. The second-order valence-electron chi connectivity index (χ2n) is 4.37. The van der Waals surface area contributed by atoms with Gasteiger partial charge >= 0.3 is 0 Å². The molecule has 1 heterocycles. The molecule has 7 nitrogen and oxygen atoms in total. The van der Waals surface area contributed by atoms with E-state index in [-0.39, 0.29) is 5.69 Å². The van der Waals surface area contributed by atoms with Crippen LogP contribution in [-0.2, 0) is 0 Å². The summed E-state index contributed by atoms with van der Waals surface area (Å²) >= 11 is 0. The van der Waals surface area contributed by atoms with E-state index in [4.69, 9.17) is 15.7 Å². The number of primary amides is 1. The quantitative estimate of drug-likeness (QED) is 0.750. The number of nitrogens with zero attached hydrogens (tertiary/aromatic N) is 3. The zero-order valence-corrected chi connectivity index (χ0v) is 11.4. The number of aromatic amines is 1. The fourth-order valence-corrected chi connectivity index (χ4v) is 1.81. The molecule has 0 unspecified atom stereocenters. The summed E-state index contributed by atoms with van der Waals surface area (Å²) in [4.78, 5) is 11.2. The van der Waals surface area contributed by atoms with Crippen LogP contribution in [0.2, 0.25) is 0 Å². The number of hydrogen-bond acceptors (Lipinski definition) is 5. The summed E-state index contributed by atoms with van der Waals surface area (Å²) < 4.78 is 5.56. The lowest BCUT2D eigenvalue weighted by Gasteiger charge is -2.06. The Morgan fingerprint density at radius 2 is 2.05 bits per heavy atom. The van der Waals surface area contributed by atoms with Crippen molar-refractivity contribution in [1.82, 2.24) is 15.4 Å². The molecule has 0 saturated heterocycles. The summed E-state index contributed by atoms with van der Waals surface area (Å²) in [5.41, 5.74) is 6.48. The van der Waals surface area contributed by atoms with Gasteiger partial charge in [-0.05, 0) is 37.1 Å². The van der Waals surface area contributed by atoms with Crippen molar-refractivity contribution in [3.63, 3.8) is 0 Å². The van der Waals surface area contributed by atoms with Gasteiger partial charge in [0.2, 0.25) is 0 Å². The third kappa shape index (κ3) is 3.79. The normalized spacial score (nSPS) is 10.0. The molecule has 0 saturated carbocycles. The number of amides is 1. The summed E-state index contributed by atoms with van der Waals surface area (Å²) in [7, 11) is 0. The molecule has 0 aliphatic carbocycles. The van der Waals surface area contributed by atoms with Crippen molar-refractivity contribution in [3.05, 3.63) is 30.0 Å². The third-order valence-corrected chi connectivity index (χ3v) is 2.86. The lowest BCUT2D eigenvalue weighted by molar-refractivity contribution is 0.0996. The number of carbonyl (C=O) groups excluding carboxylic acids is 1. The Labute approximate surface area is 121 Å². The molecule has 0 spiro atoms. The smallest absolute Gasteiger partial charge is 0.271 e. The monoisotopic (exact) mass is 285 g/mol. The van der Waals surface area contributed by atoms with E-state index in [2.05, 4.69) is 21.5 Å². The summed E-state index contributed by atoms with van der Waals surface area (Å²) in [6.07, 6.45) is 2.21. The van der Waals surface area contributed by atoms with Crippen molar-refractivity contribution in [3.8, 4) is 23.1 Å². The number of unbranched alkanes of at least 4 members (excludes halogenated alkanes) is 2. The van der Waals surface area contributed by atoms with Gasteiger partial charge < -0.3 is 10.5 Å². The van der Waals surface area contributed by atoms with Gasteiger partial charge in [0.15, 0.2) is 5.69 Å². The number of ether oxygens (including phenoxy) is 1. The number of nitriles is 1. The van der Waals surface area contributed by atoms with Crippen LogP contribution in [0.4, 0.5) is 0 Å². The Morgan fingerprint density at radius 1 is 1.29 bits per heavy atom. The van der Waals surface area contributed by atoms with Crippen molar-refractivity contribution >= 4 is 5.91 Å². The minimum Gasteiger partial charge on any atom is -0.494 e. The van der Waals surface area contributed by atoms with Gasteiger partial charge in [0, 0.05) is 12.0 Å². The molecule has 0 aliphatic heterocycles. The highest BCUT2D eigenvalue weighted by Gasteiger charge is 2.14. The first kappa shape index (κ1) is 14.5. The molecule has 0 fully saturated rings. The number of nitrogens with two attached hydrogens (primary N) is 1. The molecule has 7 heteroatoms. The van der Waals surface area contributed by atoms with Gasteiger partial charge in [-0.15, -0.1) is 0 Å². The summed E-state index contributed by atoms with van der Waals surface area (Å²) in [5, 5.41) is 18.5. The minimum atomic E-state index is -0.628. The van der Waals surface area contributed by atoms with Crippen LogP contribution in [0.3, 0.4) is 0 Å². The van der Waals surface area contributed by atoms with E-state index in [0.29, 0.717) is 18.7 Å². The highest BCUT2D eigenvalue weighted by atomic mass is 16.5. The molecular formula is C14H15N5O2. The van der Waals surface area contributed by atoms with Gasteiger partial charge in [0.25, 0.3) is 5.91 Å². The zero-order chi connectivity index (χ0) is 15.1. The maximum absolute atomic E-state index is 11.2. The van der Waals surface area contributed by atoms with Crippen LogP contribution in [0.25, 0.3) is 11.3 Å². The van der Waals surface area contributed by atoms with E-state index in [1.54, 1.807) is 24.3 Å². The second-order valence-corrected chi connectivity index (χ2v) is 4.37. The third-order valence-electron chi connectivity index (χ3n) is 2.86. The van der Waals surface area contributed by atoms with E-state index in [9.17, 15) is 4.79 Å². The molecule has 0 bridgehead atoms. The van der Waals surface area contributed by atoms with Gasteiger partial charge in [-0.1, -0.05) is 0 Å². The zero-order valence-electron chi connectivity index (χ0n) is 11.4. The summed E-state index contributed by atoms with van der Waals surface area (Å²) in [6.45, 7) is 0.567. The largest absolute Gasteiger partial charge is 0.494 e. The fraction of sp³-hybridized carbons (Fsp3) is 0.286. The van der Waals surface area contributed by atoms with E-state index < -0.39 is 5.91 Å². The van der Waals surface area contributed by atoms with Crippen molar-refractivity contribution < 1.29 is 9.53 Å². The summed E-state index contributed by atoms with van der Waals surface area (Å²) in [6, 6.07) is 9.25. The molecular weight excluding hydrogens is 270 g/mol. The molecule has 2 aromatic rings. The van der Waals surface area contributed by atoms with Crippen molar-refractivity contribution in [1.29, 1.82) is 5.26 Å². The molecule has 0 atom stereocenters. The standard InChI is InChI=1S/C14H15N5O2/c15-8-2-1-3-9-21-11-6-4-10(5-7-11)12-13(14(16)20)18-19-17-12/h4-7H,1-3,9H2,(H2,16,20)(H,17,18,19). The van der Waals surface area contributed by atoms with E-state index in [0.717, 1.165) is 24.2 Å². The first-order valence-corrected chi connectivity index (χ1v) is 6.53. The number of hydrogen-bond donors (Lipinski definition) is 2. The number of benzene rings is 1. The average molecular weight is 285 g/mol. The van der Waals surface area contributed by atoms with Gasteiger partial charge in [0.05, 0.1) is 12.7 Å². The number of nitrogens with one attached hydrogen (secondary N) is 1. The van der Waals surface area contributed by atoms with Crippen LogP contribution in [-0.4, -0.2) is 27.9 Å². The van der Waals surface area contributed by atoms with Gasteiger partial charge in [-0.25, -0.2) is 0 Å². The van der Waals surface area contributed by atoms with Crippen molar-refractivity contribution in [2.45, 2.75) is 19.3 Å². The number of H-pyrrole nitrogens is 1. The first-order valence-electron chi connectivity index (χ1n) is 6.53. The van der Waals surface area contributed by atoms with Crippen LogP contribution in [0, 0.1) is 11.3 Å². The van der Waals surface area contributed by atoms with E-state index in [1.807, 2.05) is 0 Å². The molecule has 0 radical (unpaired) electrons. The van der Waals surface area contributed by atoms with Gasteiger partial charge in [-0.2, -0.15) is 20.7 Å². The lowest BCUT2D eigenvalue weighted by Crippen LogP contribution is -2.12. The lowest BCUT2D eigenvalue weighted by atomic mass is 10.1. The highest BCUT2D eigenvalue weighted by molar-refractivity contribution is 5.96. The Balaban J connectivity index is 1.97. The van der Waals surface area contributed by atoms with E-state index in [1.165, 1.54) is 0 Å². The summed E-state index contributed by atoms with van der Waals surface area (Å²) in [5.74, 6) is 0.0939. The molecule has 0 aliphatic rings. The van der Waals surface area contributed by atoms with Crippen LogP contribution in [0.1, 0.15) is 29.8 Å². The molecule has 108 valence electrons. The Hall–Kier alpha value is -2.88. The predicted molar refractivity (Wildman–Crippen MR) is 75.3 cm³/mol. The van der Waals surface area contributed by atoms with Crippen LogP contribution >= 0.6 is 0 Å². The molecule has 1 amide bonds. The minimum absolute atomic E-state index is 0.111. The van der Waals surface area contributed by atoms with Gasteiger partial charge in [0.1, 0.15) is 11.4 Å². The van der Waals surface area contributed by atoms with Gasteiger partial charge in [-0.3, -0.25) is 4.79 Å². The number of carbonyl (C=O) groups is 1. The molecule has 21 heavy (non-hydrogen) atoms. The van der Waals surface area contributed by atoms with Crippen molar-refractivity contribution in [2.75, 3.05) is 6.61 Å². The van der Waals surface area contributed by atoms with E-state index >= 15 is 0 Å². The fourth-order valence-electron chi connectivity index (χ4n) is 1.81. The second kappa shape index (κ2) is 7.05. The predicted octanol–water partition coefficient (Wildman–Crippen LogP) is 1.64. The van der Waals surface area contributed by atoms with Crippen LogP contribution in [0.15, 0.2) is 24.3 Å². The van der Waals surface area contributed by atoms with Crippen LogP contribution in [0.5, 0.6) is 5.75 Å². The Bertz CT molecular complexity index is 642. The maximum Gasteiger partial charge on any atom is 0.271 e. The number of aromatic nitrogens is 3. The number of rotatable bonds is 7. The molecule has 1 aromatic heterocycles. The first-order chi connectivity index (χ1) is 10.2. The topological polar surface area (TPSA) is 118 Å². The van der Waals surface area contributed by atoms with Crippen molar-refractivity contribution in [2.24, 2.45) is 5.73 Å². The SMILES string of the molecule is N#CCCCCOc1ccc(-c2n[nH]nc2C(N)=O)cc1. The molecule has 1 aromatic carbocycles. The molecule has 3 N–H and O–H groups in total.